The van der Waals surface area contributed by atoms with E-state index in [1.54, 1.807) is 48.5 Å². The van der Waals surface area contributed by atoms with Crippen LogP contribution in [0.4, 0.5) is 5.69 Å². The van der Waals surface area contributed by atoms with Crippen molar-refractivity contribution in [1.29, 1.82) is 0 Å². The Morgan fingerprint density at radius 2 is 1.63 bits per heavy atom. The number of rotatable bonds is 12. The Kier molecular flexibility index (Phi) is 10.4. The number of sulfonamides is 1. The fourth-order valence-corrected chi connectivity index (χ4v) is 4.48. The highest BCUT2D eigenvalue weighted by atomic mass is 35.5. The molecule has 10 heteroatoms. The highest BCUT2D eigenvalue weighted by Gasteiger charge is 2.32. The van der Waals surface area contributed by atoms with Gasteiger partial charge in [0.2, 0.25) is 21.8 Å². The van der Waals surface area contributed by atoms with Gasteiger partial charge in [0, 0.05) is 17.6 Å². The fraction of sp³-hybridized carbons (Fsp3) is 0.440. The molecule has 35 heavy (non-hydrogen) atoms. The molecule has 2 unspecified atom stereocenters. The number of hydrogen-bond acceptors (Lipinski definition) is 5. The van der Waals surface area contributed by atoms with Gasteiger partial charge < -0.3 is 15.0 Å². The molecule has 0 radical (unpaired) electrons. The molecular weight excluding hydrogens is 490 g/mol. The minimum atomic E-state index is -3.79. The molecule has 0 heterocycles. The molecule has 2 rings (SSSR count). The Morgan fingerprint density at radius 3 is 2.11 bits per heavy atom. The van der Waals surface area contributed by atoms with Crippen LogP contribution in [-0.2, 0) is 26.2 Å². The average molecular weight is 524 g/mol. The lowest BCUT2D eigenvalue weighted by Gasteiger charge is -2.33. The fourth-order valence-electron chi connectivity index (χ4n) is 3.51. The SMILES string of the molecule is CCC(C)NC(=O)C(CC)N(Cc1ccc(Cl)cc1)C(=O)CN(c1ccc(OC)cc1)S(C)(=O)=O. The molecule has 0 spiro atoms. The molecule has 0 saturated carbocycles. The quantitative estimate of drug-likeness (QED) is 0.456. The number of carbonyl (C=O) groups excluding carboxylic acids is 2. The maximum Gasteiger partial charge on any atom is 0.244 e. The molecule has 0 aromatic heterocycles. The van der Waals surface area contributed by atoms with Gasteiger partial charge in [0.15, 0.2) is 0 Å². The zero-order valence-corrected chi connectivity index (χ0v) is 22.4. The predicted molar refractivity (Wildman–Crippen MR) is 139 cm³/mol. The van der Waals surface area contributed by atoms with Crippen LogP contribution in [0.15, 0.2) is 48.5 Å². The molecule has 1 N–H and O–H groups in total. The third kappa shape index (κ3) is 8.14. The zero-order valence-electron chi connectivity index (χ0n) is 20.8. The van der Waals surface area contributed by atoms with Gasteiger partial charge in [-0.25, -0.2) is 8.42 Å². The van der Waals surface area contributed by atoms with Crippen molar-refractivity contribution in [2.45, 2.75) is 52.2 Å². The first-order valence-electron chi connectivity index (χ1n) is 11.5. The lowest BCUT2D eigenvalue weighted by Crippen LogP contribution is -2.53. The molecular formula is C25H34ClN3O5S. The second-order valence-electron chi connectivity index (χ2n) is 8.36. The first kappa shape index (κ1) is 28.5. The van der Waals surface area contributed by atoms with Crippen molar-refractivity contribution >= 4 is 39.1 Å². The van der Waals surface area contributed by atoms with E-state index < -0.39 is 28.5 Å². The normalized spacial score (nSPS) is 13.0. The minimum Gasteiger partial charge on any atom is -0.497 e. The van der Waals surface area contributed by atoms with E-state index in [1.165, 1.54) is 12.0 Å². The van der Waals surface area contributed by atoms with Gasteiger partial charge in [0.25, 0.3) is 0 Å². The lowest BCUT2D eigenvalue weighted by atomic mass is 10.1. The van der Waals surface area contributed by atoms with Crippen molar-refractivity contribution in [2.24, 2.45) is 0 Å². The van der Waals surface area contributed by atoms with E-state index in [9.17, 15) is 18.0 Å². The third-order valence-electron chi connectivity index (χ3n) is 5.69. The number of ether oxygens (including phenoxy) is 1. The van der Waals surface area contributed by atoms with Crippen molar-refractivity contribution in [3.63, 3.8) is 0 Å². The second-order valence-corrected chi connectivity index (χ2v) is 10.7. The number of halogens is 1. The van der Waals surface area contributed by atoms with Crippen LogP contribution in [0.25, 0.3) is 0 Å². The first-order chi connectivity index (χ1) is 16.5. The predicted octanol–water partition coefficient (Wildman–Crippen LogP) is 3.84. The highest BCUT2D eigenvalue weighted by Crippen LogP contribution is 2.23. The summed E-state index contributed by atoms with van der Waals surface area (Å²) in [5.41, 5.74) is 1.10. The summed E-state index contributed by atoms with van der Waals surface area (Å²) in [5.74, 6) is -0.211. The average Bonchev–Trinajstić information content (AvgIpc) is 2.82. The molecule has 0 saturated heterocycles. The Balaban J connectivity index is 2.42. The number of nitrogens with one attached hydrogen (secondary N) is 1. The van der Waals surface area contributed by atoms with Gasteiger partial charge in [-0.2, -0.15) is 0 Å². The van der Waals surface area contributed by atoms with E-state index in [1.807, 2.05) is 20.8 Å². The Labute approximate surface area is 213 Å². The second kappa shape index (κ2) is 12.8. The summed E-state index contributed by atoms with van der Waals surface area (Å²) < 4.78 is 31.4. The van der Waals surface area contributed by atoms with Gasteiger partial charge in [-0.05, 0) is 61.7 Å². The van der Waals surface area contributed by atoms with Crippen LogP contribution < -0.4 is 14.4 Å². The van der Waals surface area contributed by atoms with E-state index >= 15 is 0 Å². The Hall–Kier alpha value is -2.78. The molecule has 192 valence electrons. The summed E-state index contributed by atoms with van der Waals surface area (Å²) in [5, 5.41) is 3.49. The molecule has 0 aliphatic rings. The number of anilines is 1. The van der Waals surface area contributed by atoms with Crippen molar-refractivity contribution in [3.8, 4) is 5.75 Å². The van der Waals surface area contributed by atoms with Crippen molar-refractivity contribution < 1.29 is 22.7 Å². The van der Waals surface area contributed by atoms with Gasteiger partial charge in [0.1, 0.15) is 18.3 Å². The molecule has 0 aliphatic carbocycles. The number of amides is 2. The van der Waals surface area contributed by atoms with Crippen LogP contribution in [0, 0.1) is 0 Å². The van der Waals surface area contributed by atoms with Crippen LogP contribution in [0.3, 0.4) is 0 Å². The van der Waals surface area contributed by atoms with Gasteiger partial charge in [0.05, 0.1) is 19.1 Å². The van der Waals surface area contributed by atoms with E-state index in [4.69, 9.17) is 16.3 Å². The highest BCUT2D eigenvalue weighted by molar-refractivity contribution is 7.92. The van der Waals surface area contributed by atoms with Crippen LogP contribution in [0.2, 0.25) is 5.02 Å². The number of benzene rings is 2. The molecule has 8 nitrogen and oxygen atoms in total. The maximum atomic E-state index is 13.6. The lowest BCUT2D eigenvalue weighted by molar-refractivity contribution is -0.140. The van der Waals surface area contributed by atoms with Gasteiger partial charge in [-0.1, -0.05) is 37.6 Å². The molecule has 2 aromatic rings. The van der Waals surface area contributed by atoms with Gasteiger partial charge in [-0.15, -0.1) is 0 Å². The van der Waals surface area contributed by atoms with Crippen LogP contribution in [-0.4, -0.2) is 57.1 Å². The van der Waals surface area contributed by atoms with Crippen LogP contribution in [0.1, 0.15) is 39.2 Å². The summed E-state index contributed by atoms with van der Waals surface area (Å²) in [4.78, 5) is 28.1. The van der Waals surface area contributed by atoms with Crippen molar-refractivity contribution in [1.82, 2.24) is 10.2 Å². The van der Waals surface area contributed by atoms with Gasteiger partial charge in [-0.3, -0.25) is 13.9 Å². The summed E-state index contributed by atoms with van der Waals surface area (Å²) in [6.45, 7) is 5.35. The molecule has 0 aliphatic heterocycles. The zero-order chi connectivity index (χ0) is 26.2. The first-order valence-corrected chi connectivity index (χ1v) is 13.7. The van der Waals surface area contributed by atoms with Gasteiger partial charge >= 0.3 is 0 Å². The van der Waals surface area contributed by atoms with Crippen molar-refractivity contribution in [2.75, 3.05) is 24.2 Å². The maximum absolute atomic E-state index is 13.6. The molecule has 2 aromatic carbocycles. The number of hydrogen-bond donors (Lipinski definition) is 1. The molecule has 2 atom stereocenters. The number of methoxy groups -OCH3 is 1. The smallest absolute Gasteiger partial charge is 0.244 e. The van der Waals surface area contributed by atoms with E-state index in [-0.39, 0.29) is 18.5 Å². The molecule has 0 fully saturated rings. The summed E-state index contributed by atoms with van der Waals surface area (Å²) >= 11 is 6.01. The van der Waals surface area contributed by atoms with E-state index in [2.05, 4.69) is 5.32 Å². The third-order valence-corrected chi connectivity index (χ3v) is 7.09. The van der Waals surface area contributed by atoms with E-state index in [0.29, 0.717) is 22.9 Å². The monoisotopic (exact) mass is 523 g/mol. The molecule has 0 bridgehead atoms. The largest absolute Gasteiger partial charge is 0.497 e. The number of nitrogens with zero attached hydrogens (tertiary/aromatic N) is 2. The van der Waals surface area contributed by atoms with Crippen molar-refractivity contribution in [3.05, 3.63) is 59.1 Å². The summed E-state index contributed by atoms with van der Waals surface area (Å²) in [6.07, 6.45) is 2.15. The Bertz CT molecular complexity index is 1090. The Morgan fingerprint density at radius 1 is 1.03 bits per heavy atom. The number of carbonyl (C=O) groups is 2. The van der Waals surface area contributed by atoms with E-state index in [0.717, 1.165) is 22.5 Å². The minimum absolute atomic E-state index is 0.0594. The van der Waals surface area contributed by atoms with Crippen LogP contribution >= 0.6 is 11.6 Å². The topological polar surface area (TPSA) is 96.0 Å². The van der Waals surface area contributed by atoms with Crippen LogP contribution in [0.5, 0.6) is 5.75 Å². The summed E-state index contributed by atoms with van der Waals surface area (Å²) in [6, 6.07) is 12.5. The standard InChI is InChI=1S/C25H34ClN3O5S/c1-6-18(3)27-25(31)23(7-2)28(16-19-8-10-20(26)11-9-19)24(30)17-29(35(5,32)33)21-12-14-22(34-4)15-13-21/h8-15,18,23H,6-7,16-17H2,1-5H3,(H,27,31). The summed E-state index contributed by atoms with van der Waals surface area (Å²) in [7, 11) is -2.28. The molecule has 2 amide bonds.